The van der Waals surface area contributed by atoms with Gasteiger partial charge in [-0.15, -0.1) is 13.2 Å². The first-order valence-electron chi connectivity index (χ1n) is 10.9. The summed E-state index contributed by atoms with van der Waals surface area (Å²) in [6, 6.07) is 7.14. The van der Waals surface area contributed by atoms with Crippen molar-refractivity contribution < 1.29 is 32.2 Å². The SMILES string of the molecule is O=C(/C=C/CF)N1CC(c2nn(-c3ccc(OC(F)(F)F)cc3)c3ccnc(N4CC(O)C4)c23)C1. The van der Waals surface area contributed by atoms with E-state index in [1.807, 2.05) is 4.90 Å². The summed E-state index contributed by atoms with van der Waals surface area (Å²) in [6.07, 6.45) is -1.27. The van der Waals surface area contributed by atoms with Crippen molar-refractivity contribution in [2.24, 2.45) is 0 Å². The Hall–Kier alpha value is -3.67. The molecule has 5 rings (SSSR count). The fourth-order valence-corrected chi connectivity index (χ4v) is 4.30. The predicted octanol–water partition coefficient (Wildman–Crippen LogP) is 2.95. The van der Waals surface area contributed by atoms with E-state index in [2.05, 4.69) is 9.72 Å². The molecule has 0 saturated carbocycles. The molecule has 1 amide bonds. The summed E-state index contributed by atoms with van der Waals surface area (Å²) in [5.74, 6) is -0.0897. The number of carbonyl (C=O) groups is 1. The monoisotopic (exact) mass is 491 g/mol. The van der Waals surface area contributed by atoms with Crippen molar-refractivity contribution in [2.75, 3.05) is 37.8 Å². The lowest BCUT2D eigenvalue weighted by Gasteiger charge is -2.39. The summed E-state index contributed by atoms with van der Waals surface area (Å²) in [4.78, 5) is 20.2. The van der Waals surface area contributed by atoms with Gasteiger partial charge in [0.15, 0.2) is 0 Å². The average molecular weight is 491 g/mol. The zero-order chi connectivity index (χ0) is 24.7. The molecule has 0 spiro atoms. The third-order valence-electron chi connectivity index (χ3n) is 6.01. The molecule has 184 valence electrons. The average Bonchev–Trinajstić information content (AvgIpc) is 3.13. The molecule has 1 N–H and O–H groups in total. The first-order chi connectivity index (χ1) is 16.7. The van der Waals surface area contributed by atoms with Crippen LogP contribution in [0.15, 0.2) is 48.7 Å². The quantitative estimate of drug-likeness (QED) is 0.422. The molecule has 3 aromatic rings. The molecule has 1 aromatic carbocycles. The highest BCUT2D eigenvalue weighted by Gasteiger charge is 2.37. The third kappa shape index (κ3) is 4.53. The normalized spacial score (nSPS) is 17.2. The lowest BCUT2D eigenvalue weighted by Crippen LogP contribution is -2.51. The van der Waals surface area contributed by atoms with Crippen LogP contribution in [0.3, 0.4) is 0 Å². The largest absolute Gasteiger partial charge is 0.573 e. The highest BCUT2D eigenvalue weighted by molar-refractivity contribution is 5.95. The van der Waals surface area contributed by atoms with Gasteiger partial charge in [0.2, 0.25) is 5.91 Å². The number of rotatable bonds is 6. The van der Waals surface area contributed by atoms with Crippen LogP contribution < -0.4 is 9.64 Å². The van der Waals surface area contributed by atoms with Gasteiger partial charge in [0.25, 0.3) is 0 Å². The first kappa shape index (κ1) is 23.1. The summed E-state index contributed by atoms with van der Waals surface area (Å²) >= 11 is 0. The fourth-order valence-electron chi connectivity index (χ4n) is 4.30. The summed E-state index contributed by atoms with van der Waals surface area (Å²) in [5, 5.41) is 15.3. The Morgan fingerprint density at radius 2 is 1.86 bits per heavy atom. The van der Waals surface area contributed by atoms with Crippen LogP contribution in [0.2, 0.25) is 0 Å². The van der Waals surface area contributed by atoms with Gasteiger partial charge < -0.3 is 19.6 Å². The summed E-state index contributed by atoms with van der Waals surface area (Å²) < 4.78 is 55.5. The zero-order valence-electron chi connectivity index (χ0n) is 18.3. The molecule has 12 heteroatoms. The smallest absolute Gasteiger partial charge is 0.406 e. The number of amides is 1. The van der Waals surface area contributed by atoms with Crippen molar-refractivity contribution in [2.45, 2.75) is 18.4 Å². The van der Waals surface area contributed by atoms with Crippen LogP contribution in [0.4, 0.5) is 23.4 Å². The van der Waals surface area contributed by atoms with E-state index >= 15 is 0 Å². The molecule has 2 aliphatic rings. The van der Waals surface area contributed by atoms with E-state index in [9.17, 15) is 27.5 Å². The van der Waals surface area contributed by atoms with E-state index in [-0.39, 0.29) is 17.6 Å². The van der Waals surface area contributed by atoms with E-state index in [4.69, 9.17) is 5.10 Å². The fraction of sp³-hybridized carbons (Fsp3) is 0.348. The lowest BCUT2D eigenvalue weighted by atomic mass is 9.93. The number of anilines is 1. The number of pyridine rings is 1. The number of alkyl halides is 4. The minimum atomic E-state index is -4.79. The Labute approximate surface area is 197 Å². The van der Waals surface area contributed by atoms with Gasteiger partial charge in [0, 0.05) is 44.4 Å². The van der Waals surface area contributed by atoms with Gasteiger partial charge in [0.1, 0.15) is 18.2 Å². The van der Waals surface area contributed by atoms with Crippen molar-refractivity contribution >= 4 is 22.6 Å². The van der Waals surface area contributed by atoms with Crippen molar-refractivity contribution in [3.8, 4) is 11.4 Å². The Morgan fingerprint density at radius 1 is 1.14 bits per heavy atom. The molecule has 8 nitrogen and oxygen atoms in total. The number of ether oxygens (including phenoxy) is 1. The number of hydrogen-bond donors (Lipinski definition) is 1. The molecule has 2 fully saturated rings. The maximum absolute atomic E-state index is 12.5. The molecule has 0 bridgehead atoms. The number of aromatic nitrogens is 3. The van der Waals surface area contributed by atoms with Gasteiger partial charge >= 0.3 is 6.36 Å². The van der Waals surface area contributed by atoms with Gasteiger partial charge in [0.05, 0.1) is 28.4 Å². The van der Waals surface area contributed by atoms with Crippen LogP contribution in [0.25, 0.3) is 16.6 Å². The van der Waals surface area contributed by atoms with Crippen LogP contribution in [0.5, 0.6) is 5.75 Å². The first-order valence-corrected chi connectivity index (χ1v) is 10.9. The van der Waals surface area contributed by atoms with Crippen LogP contribution in [0.1, 0.15) is 11.6 Å². The Balaban J connectivity index is 1.51. The number of fused-ring (bicyclic) bond motifs is 1. The van der Waals surface area contributed by atoms with E-state index in [1.165, 1.54) is 30.3 Å². The van der Waals surface area contributed by atoms with Gasteiger partial charge in [-0.25, -0.2) is 14.1 Å². The number of allylic oxidation sites excluding steroid dienone is 1. The molecule has 0 atom stereocenters. The standard InChI is InChI=1S/C23H21F4N5O3/c24-8-1-2-19(34)30-10-14(11-30)21-20-18(7-9-28-22(20)31-12-16(33)13-31)32(29-21)15-3-5-17(6-4-15)35-23(25,26)27/h1-7,9,14,16,33H,8,10-13H2/b2-1+. The molecule has 4 heterocycles. The maximum atomic E-state index is 12.5. The van der Waals surface area contributed by atoms with Gasteiger partial charge in [-0.2, -0.15) is 5.10 Å². The molecule has 2 aromatic heterocycles. The van der Waals surface area contributed by atoms with E-state index in [0.717, 1.165) is 11.5 Å². The molecule has 0 unspecified atom stereocenters. The molecule has 35 heavy (non-hydrogen) atoms. The number of halogens is 4. The second kappa shape index (κ2) is 8.84. The molecule has 0 radical (unpaired) electrons. The highest BCUT2D eigenvalue weighted by atomic mass is 19.4. The van der Waals surface area contributed by atoms with Crippen LogP contribution in [-0.4, -0.2) is 76.0 Å². The van der Waals surface area contributed by atoms with Gasteiger partial charge in [-0.3, -0.25) is 4.79 Å². The Bertz CT molecular complexity index is 1260. The predicted molar refractivity (Wildman–Crippen MR) is 118 cm³/mol. The topological polar surface area (TPSA) is 83.7 Å². The van der Waals surface area contributed by atoms with Crippen molar-refractivity contribution in [1.29, 1.82) is 0 Å². The van der Waals surface area contributed by atoms with E-state index in [0.29, 0.717) is 48.9 Å². The van der Waals surface area contributed by atoms with Crippen LogP contribution in [-0.2, 0) is 4.79 Å². The number of benzene rings is 1. The number of nitrogens with zero attached hydrogens (tertiary/aromatic N) is 5. The van der Waals surface area contributed by atoms with Crippen LogP contribution in [0, 0.1) is 0 Å². The number of carbonyl (C=O) groups excluding carboxylic acids is 1. The number of hydrogen-bond acceptors (Lipinski definition) is 6. The molecular formula is C23H21F4N5O3. The minimum absolute atomic E-state index is 0.108. The minimum Gasteiger partial charge on any atom is -0.406 e. The highest BCUT2D eigenvalue weighted by Crippen LogP contribution is 2.38. The molecule has 2 aliphatic heterocycles. The second-order valence-electron chi connectivity index (χ2n) is 8.42. The summed E-state index contributed by atoms with van der Waals surface area (Å²) in [6.45, 7) is 0.891. The van der Waals surface area contributed by atoms with Gasteiger partial charge in [-0.05, 0) is 36.4 Å². The maximum Gasteiger partial charge on any atom is 0.573 e. The molecular weight excluding hydrogens is 470 g/mol. The van der Waals surface area contributed by atoms with Crippen molar-refractivity contribution in [3.63, 3.8) is 0 Å². The Morgan fingerprint density at radius 3 is 2.49 bits per heavy atom. The summed E-state index contributed by atoms with van der Waals surface area (Å²) in [5.41, 5.74) is 1.91. The number of likely N-dealkylation sites (tertiary alicyclic amines) is 1. The van der Waals surface area contributed by atoms with E-state index < -0.39 is 19.1 Å². The van der Waals surface area contributed by atoms with Crippen LogP contribution >= 0.6 is 0 Å². The van der Waals surface area contributed by atoms with E-state index in [1.54, 1.807) is 21.8 Å². The number of β-amino-alcohol motifs (C(OH)–C–C–N with tert-alkyl or cyclic N) is 1. The Kier molecular flexibility index (Phi) is 5.83. The summed E-state index contributed by atoms with van der Waals surface area (Å²) in [7, 11) is 0. The lowest BCUT2D eigenvalue weighted by molar-refractivity contribution is -0.274. The third-order valence-corrected chi connectivity index (χ3v) is 6.01. The zero-order valence-corrected chi connectivity index (χ0v) is 18.3. The number of aliphatic hydroxyl groups excluding tert-OH is 1. The second-order valence-corrected chi connectivity index (χ2v) is 8.42. The molecule has 0 aliphatic carbocycles. The van der Waals surface area contributed by atoms with Crippen molar-refractivity contribution in [1.82, 2.24) is 19.7 Å². The van der Waals surface area contributed by atoms with Gasteiger partial charge in [-0.1, -0.05) is 0 Å². The number of aliphatic hydroxyl groups is 1. The van der Waals surface area contributed by atoms with Crippen molar-refractivity contribution in [3.05, 3.63) is 54.4 Å². The molecule has 2 saturated heterocycles.